The summed E-state index contributed by atoms with van der Waals surface area (Å²) in [5.41, 5.74) is 2.17. The normalized spacial score (nSPS) is 14.6. The van der Waals surface area contributed by atoms with Crippen molar-refractivity contribution < 1.29 is 9.53 Å². The molecule has 0 unspecified atom stereocenters. The van der Waals surface area contributed by atoms with Gasteiger partial charge in [0, 0.05) is 25.2 Å². The van der Waals surface area contributed by atoms with Crippen LogP contribution >= 0.6 is 0 Å². The molecule has 0 saturated carbocycles. The summed E-state index contributed by atoms with van der Waals surface area (Å²) in [6, 6.07) is 6.07. The number of aryl methyl sites for hydroxylation is 1. The van der Waals surface area contributed by atoms with Gasteiger partial charge in [-0.15, -0.1) is 0 Å². The lowest BCUT2D eigenvalue weighted by atomic mass is 10.1. The Morgan fingerprint density at radius 1 is 1.29 bits per heavy atom. The zero-order chi connectivity index (χ0) is 17.4. The molecule has 0 atom stereocenters. The first kappa shape index (κ1) is 18.1. The standard InChI is InChI=1S/C18H28N4O2/c1-4-19-18(21-13-17(23)22-9-5-6-10-22)20-12-15-8-7-14(2)11-16(15)24-3/h7-8,11H,4-6,9-10,12-13H2,1-3H3,(H2,19,20,21). The number of amides is 1. The summed E-state index contributed by atoms with van der Waals surface area (Å²) in [7, 11) is 1.67. The smallest absolute Gasteiger partial charge is 0.241 e. The Hall–Kier alpha value is -2.24. The summed E-state index contributed by atoms with van der Waals surface area (Å²) >= 11 is 0. The molecule has 1 aliphatic heterocycles. The van der Waals surface area contributed by atoms with Gasteiger partial charge in [-0.2, -0.15) is 0 Å². The summed E-state index contributed by atoms with van der Waals surface area (Å²) in [6.07, 6.45) is 2.21. The number of aliphatic imine (C=N–C) groups is 1. The maximum absolute atomic E-state index is 12.1. The average Bonchev–Trinajstić information content (AvgIpc) is 3.12. The number of ether oxygens (including phenoxy) is 1. The Morgan fingerprint density at radius 3 is 2.71 bits per heavy atom. The molecule has 0 radical (unpaired) electrons. The lowest BCUT2D eigenvalue weighted by Gasteiger charge is -2.17. The molecule has 0 aliphatic carbocycles. The van der Waals surface area contributed by atoms with E-state index in [2.05, 4.69) is 15.6 Å². The van der Waals surface area contributed by atoms with Crippen molar-refractivity contribution in [3.05, 3.63) is 29.3 Å². The van der Waals surface area contributed by atoms with Crippen molar-refractivity contribution in [3.8, 4) is 5.75 Å². The molecule has 2 N–H and O–H groups in total. The van der Waals surface area contributed by atoms with Crippen LogP contribution in [0.3, 0.4) is 0 Å². The molecule has 6 nitrogen and oxygen atoms in total. The fraction of sp³-hybridized carbons (Fsp3) is 0.556. The maximum Gasteiger partial charge on any atom is 0.241 e. The summed E-state index contributed by atoms with van der Waals surface area (Å²) in [5, 5.41) is 6.30. The van der Waals surface area contributed by atoms with E-state index in [0.717, 1.165) is 49.4 Å². The van der Waals surface area contributed by atoms with E-state index in [9.17, 15) is 4.79 Å². The van der Waals surface area contributed by atoms with Crippen LogP contribution in [0.25, 0.3) is 0 Å². The molecule has 132 valence electrons. The van der Waals surface area contributed by atoms with Gasteiger partial charge in [-0.1, -0.05) is 12.1 Å². The zero-order valence-corrected chi connectivity index (χ0v) is 14.9. The summed E-state index contributed by atoms with van der Waals surface area (Å²) < 4.78 is 5.41. The number of guanidine groups is 1. The van der Waals surface area contributed by atoms with E-state index in [1.165, 1.54) is 0 Å². The van der Waals surface area contributed by atoms with E-state index < -0.39 is 0 Å². The molecule has 0 aromatic heterocycles. The molecular weight excluding hydrogens is 304 g/mol. The number of nitrogens with one attached hydrogen (secondary N) is 2. The number of hydrogen-bond acceptors (Lipinski definition) is 3. The maximum atomic E-state index is 12.1. The number of likely N-dealkylation sites (tertiary alicyclic amines) is 1. The van der Waals surface area contributed by atoms with Gasteiger partial charge < -0.3 is 20.3 Å². The minimum Gasteiger partial charge on any atom is -0.496 e. The van der Waals surface area contributed by atoms with Crippen LogP contribution in [0.4, 0.5) is 0 Å². The van der Waals surface area contributed by atoms with Crippen molar-refractivity contribution in [2.45, 2.75) is 33.2 Å². The fourth-order valence-electron chi connectivity index (χ4n) is 2.73. The van der Waals surface area contributed by atoms with Crippen LogP contribution in [0.1, 0.15) is 30.9 Å². The van der Waals surface area contributed by atoms with Crippen LogP contribution in [0, 0.1) is 6.92 Å². The lowest BCUT2D eigenvalue weighted by Crippen LogP contribution is -2.44. The average molecular weight is 332 g/mol. The van der Waals surface area contributed by atoms with Gasteiger partial charge in [0.1, 0.15) is 5.75 Å². The molecule has 1 aromatic carbocycles. The summed E-state index contributed by atoms with van der Waals surface area (Å²) in [4.78, 5) is 18.6. The monoisotopic (exact) mass is 332 g/mol. The molecule has 24 heavy (non-hydrogen) atoms. The molecule has 1 saturated heterocycles. The SMILES string of the molecule is CCNC(=NCc1ccc(C)cc1OC)NCC(=O)N1CCCC1. The predicted octanol–water partition coefficient (Wildman–Crippen LogP) is 1.68. The molecule has 1 amide bonds. The van der Waals surface area contributed by atoms with Crippen molar-refractivity contribution in [2.24, 2.45) is 4.99 Å². The van der Waals surface area contributed by atoms with Crippen LogP contribution in [0.2, 0.25) is 0 Å². The molecule has 0 spiro atoms. The lowest BCUT2D eigenvalue weighted by molar-refractivity contribution is -0.128. The number of carbonyl (C=O) groups is 1. The van der Waals surface area contributed by atoms with E-state index >= 15 is 0 Å². The molecule has 1 aromatic rings. The second-order valence-corrected chi connectivity index (χ2v) is 5.95. The minimum absolute atomic E-state index is 0.131. The van der Waals surface area contributed by atoms with Crippen LogP contribution in [0.5, 0.6) is 5.75 Å². The third kappa shape index (κ3) is 5.15. The van der Waals surface area contributed by atoms with Gasteiger partial charge in [0.2, 0.25) is 5.91 Å². The molecular formula is C18H28N4O2. The van der Waals surface area contributed by atoms with Gasteiger partial charge in [0.25, 0.3) is 0 Å². The van der Waals surface area contributed by atoms with E-state index in [1.807, 2.05) is 36.9 Å². The number of carbonyl (C=O) groups excluding carboxylic acids is 1. The highest BCUT2D eigenvalue weighted by molar-refractivity contribution is 5.86. The Bertz CT molecular complexity index is 580. The second-order valence-electron chi connectivity index (χ2n) is 5.95. The van der Waals surface area contributed by atoms with E-state index in [1.54, 1.807) is 7.11 Å². The van der Waals surface area contributed by atoms with Gasteiger partial charge in [0.15, 0.2) is 5.96 Å². The van der Waals surface area contributed by atoms with Crippen LogP contribution in [-0.2, 0) is 11.3 Å². The summed E-state index contributed by atoms with van der Waals surface area (Å²) in [5.74, 6) is 1.61. The van der Waals surface area contributed by atoms with Gasteiger partial charge in [-0.05, 0) is 38.3 Å². The quantitative estimate of drug-likeness (QED) is 0.614. The first-order valence-electron chi connectivity index (χ1n) is 8.57. The predicted molar refractivity (Wildman–Crippen MR) is 96.4 cm³/mol. The highest BCUT2D eigenvalue weighted by Crippen LogP contribution is 2.20. The highest BCUT2D eigenvalue weighted by atomic mass is 16.5. The first-order chi connectivity index (χ1) is 11.6. The Balaban J connectivity index is 1.96. The van der Waals surface area contributed by atoms with Gasteiger partial charge in [-0.25, -0.2) is 4.99 Å². The van der Waals surface area contributed by atoms with Crippen LogP contribution in [0.15, 0.2) is 23.2 Å². The minimum atomic E-state index is 0.131. The van der Waals surface area contributed by atoms with Crippen molar-refractivity contribution in [1.82, 2.24) is 15.5 Å². The Labute approximate surface area is 144 Å². The topological polar surface area (TPSA) is 66.0 Å². The number of hydrogen-bond donors (Lipinski definition) is 2. The van der Waals surface area contributed by atoms with Crippen molar-refractivity contribution in [1.29, 1.82) is 0 Å². The Morgan fingerprint density at radius 2 is 2.04 bits per heavy atom. The fourth-order valence-corrected chi connectivity index (χ4v) is 2.73. The zero-order valence-electron chi connectivity index (χ0n) is 14.9. The molecule has 0 bridgehead atoms. The molecule has 6 heteroatoms. The number of methoxy groups -OCH3 is 1. The van der Waals surface area contributed by atoms with Gasteiger partial charge >= 0.3 is 0 Å². The number of rotatable bonds is 6. The third-order valence-corrected chi connectivity index (χ3v) is 4.06. The summed E-state index contributed by atoms with van der Waals surface area (Å²) in [6.45, 7) is 7.29. The number of benzene rings is 1. The molecule has 1 heterocycles. The van der Waals surface area contributed by atoms with Crippen LogP contribution < -0.4 is 15.4 Å². The largest absolute Gasteiger partial charge is 0.496 e. The van der Waals surface area contributed by atoms with Gasteiger partial charge in [0.05, 0.1) is 20.2 Å². The van der Waals surface area contributed by atoms with Gasteiger partial charge in [-0.3, -0.25) is 4.79 Å². The van der Waals surface area contributed by atoms with E-state index in [0.29, 0.717) is 12.5 Å². The van der Waals surface area contributed by atoms with Crippen molar-refractivity contribution >= 4 is 11.9 Å². The first-order valence-corrected chi connectivity index (χ1v) is 8.57. The second kappa shape index (κ2) is 9.15. The highest BCUT2D eigenvalue weighted by Gasteiger charge is 2.17. The van der Waals surface area contributed by atoms with Crippen LogP contribution in [-0.4, -0.2) is 50.1 Å². The molecule has 1 aliphatic rings. The molecule has 2 rings (SSSR count). The van der Waals surface area contributed by atoms with E-state index in [-0.39, 0.29) is 12.5 Å². The number of nitrogens with zero attached hydrogens (tertiary/aromatic N) is 2. The van der Waals surface area contributed by atoms with E-state index in [4.69, 9.17) is 4.74 Å². The Kier molecular flexibility index (Phi) is 6.90. The molecule has 1 fully saturated rings. The third-order valence-electron chi connectivity index (χ3n) is 4.06. The van der Waals surface area contributed by atoms with Crippen molar-refractivity contribution in [2.75, 3.05) is 33.3 Å². The van der Waals surface area contributed by atoms with Crippen molar-refractivity contribution in [3.63, 3.8) is 0 Å².